The molecule has 0 aromatic carbocycles. The third-order valence-electron chi connectivity index (χ3n) is 3.73. The Balaban J connectivity index is 1.75. The first-order valence-corrected chi connectivity index (χ1v) is 6.59. The zero-order valence-corrected chi connectivity index (χ0v) is 10.6. The third-order valence-corrected chi connectivity index (χ3v) is 3.73. The van der Waals surface area contributed by atoms with Crippen molar-refractivity contribution < 1.29 is 14.3 Å². The number of urea groups is 1. The molecule has 0 unspecified atom stereocenters. The van der Waals surface area contributed by atoms with E-state index in [2.05, 4.69) is 5.32 Å². The zero-order chi connectivity index (χ0) is 13.0. The van der Waals surface area contributed by atoms with Crippen molar-refractivity contribution in [2.24, 2.45) is 11.7 Å². The van der Waals surface area contributed by atoms with Crippen LogP contribution in [-0.4, -0.2) is 49.2 Å². The molecule has 102 valence electrons. The summed E-state index contributed by atoms with van der Waals surface area (Å²) in [5.74, 6) is -0.323. The number of nitrogens with one attached hydrogen (secondary N) is 1. The second-order valence-corrected chi connectivity index (χ2v) is 5.00. The lowest BCUT2D eigenvalue weighted by molar-refractivity contribution is -0.123. The number of carbonyl (C=O) groups excluding carboxylic acids is 2. The van der Waals surface area contributed by atoms with Crippen LogP contribution in [0.15, 0.2) is 0 Å². The van der Waals surface area contributed by atoms with E-state index in [9.17, 15) is 9.59 Å². The summed E-state index contributed by atoms with van der Waals surface area (Å²) in [6, 6.07) is 0.199. The lowest BCUT2D eigenvalue weighted by Crippen LogP contribution is -2.50. The number of rotatable bonds is 2. The summed E-state index contributed by atoms with van der Waals surface area (Å²) in [5, 5.41) is 3.02. The molecule has 3 N–H and O–H groups in total. The van der Waals surface area contributed by atoms with Crippen LogP contribution in [0.4, 0.5) is 4.79 Å². The molecule has 2 rings (SSSR count). The van der Waals surface area contributed by atoms with E-state index in [1.165, 1.54) is 0 Å². The number of nitrogens with zero attached hydrogens (tertiary/aromatic N) is 1. The standard InChI is InChI=1S/C12H21N3O3/c13-11(16)9-1-5-15(6-2-9)12(17)14-10-3-7-18-8-4-10/h9-10H,1-8H2,(H2,13,16)(H,14,17). The van der Waals surface area contributed by atoms with Gasteiger partial charge in [-0.2, -0.15) is 0 Å². The van der Waals surface area contributed by atoms with Crippen molar-refractivity contribution >= 4 is 11.9 Å². The van der Waals surface area contributed by atoms with Crippen LogP contribution < -0.4 is 11.1 Å². The Morgan fingerprint density at radius 3 is 2.28 bits per heavy atom. The van der Waals surface area contributed by atoms with Gasteiger partial charge >= 0.3 is 6.03 Å². The van der Waals surface area contributed by atoms with Gasteiger partial charge in [0.05, 0.1) is 0 Å². The fraction of sp³-hybridized carbons (Fsp3) is 0.833. The summed E-state index contributed by atoms with van der Waals surface area (Å²) >= 11 is 0. The van der Waals surface area contributed by atoms with Gasteiger partial charge in [0.1, 0.15) is 0 Å². The first kappa shape index (κ1) is 13.1. The quantitative estimate of drug-likeness (QED) is 0.732. The molecule has 0 atom stereocenters. The SMILES string of the molecule is NC(=O)C1CCN(C(=O)NC2CCOCC2)CC1. The average Bonchev–Trinajstić information content (AvgIpc) is 2.40. The molecule has 0 radical (unpaired) electrons. The van der Waals surface area contributed by atoms with Crippen molar-refractivity contribution in [1.82, 2.24) is 10.2 Å². The van der Waals surface area contributed by atoms with E-state index in [4.69, 9.17) is 10.5 Å². The van der Waals surface area contributed by atoms with E-state index >= 15 is 0 Å². The number of nitrogens with two attached hydrogens (primary N) is 1. The Morgan fingerprint density at radius 2 is 1.72 bits per heavy atom. The van der Waals surface area contributed by atoms with Crippen LogP contribution in [0.3, 0.4) is 0 Å². The second kappa shape index (κ2) is 6.04. The molecule has 6 heteroatoms. The minimum absolute atomic E-state index is 0.0233. The summed E-state index contributed by atoms with van der Waals surface area (Å²) in [4.78, 5) is 24.8. The van der Waals surface area contributed by atoms with Crippen LogP contribution in [0, 0.1) is 5.92 Å². The number of amides is 3. The fourth-order valence-electron chi connectivity index (χ4n) is 2.47. The highest BCUT2D eigenvalue weighted by Gasteiger charge is 2.27. The first-order chi connectivity index (χ1) is 8.66. The molecule has 2 aliphatic rings. The number of ether oxygens (including phenoxy) is 1. The molecule has 0 spiro atoms. The van der Waals surface area contributed by atoms with E-state index in [0.29, 0.717) is 39.1 Å². The van der Waals surface area contributed by atoms with Gasteiger partial charge in [0, 0.05) is 38.3 Å². The van der Waals surface area contributed by atoms with Crippen LogP contribution >= 0.6 is 0 Å². The molecule has 0 saturated carbocycles. The van der Waals surface area contributed by atoms with Gasteiger partial charge in [-0.25, -0.2) is 4.79 Å². The van der Waals surface area contributed by atoms with Crippen molar-refractivity contribution in [3.05, 3.63) is 0 Å². The summed E-state index contributed by atoms with van der Waals surface area (Å²) in [5.41, 5.74) is 5.27. The summed E-state index contributed by atoms with van der Waals surface area (Å²) in [6.45, 7) is 2.66. The normalized spacial score (nSPS) is 22.8. The molecule has 18 heavy (non-hydrogen) atoms. The molecule has 6 nitrogen and oxygen atoms in total. The third kappa shape index (κ3) is 3.35. The van der Waals surface area contributed by atoms with Gasteiger partial charge in [-0.1, -0.05) is 0 Å². The highest BCUT2D eigenvalue weighted by atomic mass is 16.5. The lowest BCUT2D eigenvalue weighted by Gasteiger charge is -2.32. The first-order valence-electron chi connectivity index (χ1n) is 6.59. The maximum atomic E-state index is 12.0. The van der Waals surface area contributed by atoms with E-state index in [1.807, 2.05) is 0 Å². The van der Waals surface area contributed by atoms with E-state index in [-0.39, 0.29) is 23.9 Å². The fourth-order valence-corrected chi connectivity index (χ4v) is 2.47. The van der Waals surface area contributed by atoms with Crippen LogP contribution in [0.1, 0.15) is 25.7 Å². The smallest absolute Gasteiger partial charge is 0.317 e. The van der Waals surface area contributed by atoms with E-state index in [1.54, 1.807) is 4.90 Å². The Labute approximate surface area is 107 Å². The Morgan fingerprint density at radius 1 is 1.11 bits per heavy atom. The van der Waals surface area contributed by atoms with Crippen LogP contribution in [0.5, 0.6) is 0 Å². The van der Waals surface area contributed by atoms with Crippen LogP contribution in [-0.2, 0) is 9.53 Å². The minimum atomic E-state index is -0.250. The second-order valence-electron chi connectivity index (χ2n) is 5.00. The molecule has 0 bridgehead atoms. The molecule has 2 saturated heterocycles. The van der Waals surface area contributed by atoms with Crippen molar-refractivity contribution in [2.45, 2.75) is 31.7 Å². The Hall–Kier alpha value is -1.30. The largest absolute Gasteiger partial charge is 0.381 e. The van der Waals surface area contributed by atoms with Crippen molar-refractivity contribution in [3.8, 4) is 0 Å². The van der Waals surface area contributed by atoms with E-state index in [0.717, 1.165) is 12.8 Å². The Bertz CT molecular complexity index is 308. The summed E-state index contributed by atoms with van der Waals surface area (Å²) < 4.78 is 5.25. The van der Waals surface area contributed by atoms with Crippen LogP contribution in [0.2, 0.25) is 0 Å². The molecular weight excluding hydrogens is 234 g/mol. The predicted octanol–water partition coefficient (Wildman–Crippen LogP) is 0.0723. The van der Waals surface area contributed by atoms with Crippen molar-refractivity contribution in [1.29, 1.82) is 0 Å². The molecule has 0 aromatic rings. The number of piperidine rings is 1. The highest BCUT2D eigenvalue weighted by Crippen LogP contribution is 2.17. The molecule has 0 aliphatic carbocycles. The van der Waals surface area contributed by atoms with Crippen molar-refractivity contribution in [2.75, 3.05) is 26.3 Å². The number of likely N-dealkylation sites (tertiary alicyclic amines) is 1. The van der Waals surface area contributed by atoms with Crippen LogP contribution in [0.25, 0.3) is 0 Å². The van der Waals surface area contributed by atoms with Gasteiger partial charge in [-0.15, -0.1) is 0 Å². The summed E-state index contributed by atoms with van der Waals surface area (Å²) in [7, 11) is 0. The maximum absolute atomic E-state index is 12.0. The monoisotopic (exact) mass is 255 g/mol. The minimum Gasteiger partial charge on any atom is -0.381 e. The van der Waals surface area contributed by atoms with Gasteiger partial charge in [0.2, 0.25) is 5.91 Å². The number of carbonyl (C=O) groups is 2. The maximum Gasteiger partial charge on any atom is 0.317 e. The van der Waals surface area contributed by atoms with Gasteiger partial charge in [-0.3, -0.25) is 4.79 Å². The lowest BCUT2D eigenvalue weighted by atomic mass is 9.96. The van der Waals surface area contributed by atoms with Gasteiger partial charge in [0.15, 0.2) is 0 Å². The number of hydrogen-bond acceptors (Lipinski definition) is 3. The highest BCUT2D eigenvalue weighted by molar-refractivity contribution is 5.78. The van der Waals surface area contributed by atoms with Gasteiger partial charge in [0.25, 0.3) is 0 Å². The predicted molar refractivity (Wildman–Crippen MR) is 65.9 cm³/mol. The van der Waals surface area contributed by atoms with Gasteiger partial charge in [-0.05, 0) is 25.7 Å². The molecule has 0 aromatic heterocycles. The zero-order valence-electron chi connectivity index (χ0n) is 10.6. The topological polar surface area (TPSA) is 84.7 Å². The summed E-state index contributed by atoms with van der Waals surface area (Å²) in [6.07, 6.45) is 3.11. The average molecular weight is 255 g/mol. The number of hydrogen-bond donors (Lipinski definition) is 2. The van der Waals surface area contributed by atoms with Gasteiger partial charge < -0.3 is 20.7 Å². The Kier molecular flexibility index (Phi) is 4.41. The van der Waals surface area contributed by atoms with E-state index < -0.39 is 0 Å². The molecular formula is C12H21N3O3. The molecule has 2 heterocycles. The molecule has 2 fully saturated rings. The number of primary amides is 1. The molecule has 3 amide bonds. The van der Waals surface area contributed by atoms with Crippen molar-refractivity contribution in [3.63, 3.8) is 0 Å². The molecule has 2 aliphatic heterocycles.